The Morgan fingerprint density at radius 3 is 2.53 bits per heavy atom. The number of halogens is 1. The molecule has 0 bridgehead atoms. The van der Waals surface area contributed by atoms with Gasteiger partial charge in [0, 0.05) is 24.7 Å². The summed E-state index contributed by atoms with van der Waals surface area (Å²) < 4.78 is 0. The van der Waals surface area contributed by atoms with Crippen LogP contribution >= 0.6 is 11.6 Å². The zero-order chi connectivity index (χ0) is 11.1. The molecule has 15 heavy (non-hydrogen) atoms. The minimum atomic E-state index is 0.540. The quantitative estimate of drug-likeness (QED) is 0.692. The summed E-state index contributed by atoms with van der Waals surface area (Å²) >= 11 is 5.83. The third-order valence-electron chi connectivity index (χ3n) is 2.65. The maximum absolute atomic E-state index is 5.83. The van der Waals surface area contributed by atoms with Crippen molar-refractivity contribution in [3.8, 4) is 0 Å². The molecule has 0 fully saturated rings. The highest BCUT2D eigenvalue weighted by atomic mass is 35.5. The van der Waals surface area contributed by atoms with Gasteiger partial charge in [0.1, 0.15) is 5.82 Å². The largest absolute Gasteiger partial charge is 0.352 e. The van der Waals surface area contributed by atoms with Crippen molar-refractivity contribution in [3.05, 3.63) is 24.4 Å². The van der Waals surface area contributed by atoms with E-state index in [4.69, 9.17) is 11.6 Å². The van der Waals surface area contributed by atoms with Crippen LogP contribution in [0.4, 0.5) is 5.82 Å². The van der Waals surface area contributed by atoms with Crippen molar-refractivity contribution in [2.75, 3.05) is 17.3 Å². The van der Waals surface area contributed by atoms with Crippen LogP contribution in [0, 0.1) is 0 Å². The number of aromatic nitrogens is 1. The topological polar surface area (TPSA) is 16.1 Å². The third-order valence-corrected chi connectivity index (χ3v) is 2.82. The van der Waals surface area contributed by atoms with Crippen LogP contribution in [0.5, 0.6) is 0 Å². The lowest BCUT2D eigenvalue weighted by Gasteiger charge is -2.30. The van der Waals surface area contributed by atoms with Gasteiger partial charge in [0.15, 0.2) is 0 Å². The van der Waals surface area contributed by atoms with E-state index in [9.17, 15) is 0 Å². The summed E-state index contributed by atoms with van der Waals surface area (Å²) in [5, 5.41) is 0. The second-order valence-electron chi connectivity index (χ2n) is 3.54. The summed E-state index contributed by atoms with van der Waals surface area (Å²) in [7, 11) is 0. The van der Waals surface area contributed by atoms with Gasteiger partial charge in [-0.2, -0.15) is 0 Å². The molecule has 2 nitrogen and oxygen atoms in total. The first-order chi connectivity index (χ1) is 7.33. The highest BCUT2D eigenvalue weighted by Gasteiger charge is 2.15. The number of rotatable bonds is 6. The zero-order valence-corrected chi connectivity index (χ0v) is 10.2. The van der Waals surface area contributed by atoms with Gasteiger partial charge in [-0.1, -0.05) is 19.9 Å². The maximum Gasteiger partial charge on any atom is 0.128 e. The molecule has 0 spiro atoms. The molecule has 0 aliphatic heterocycles. The molecule has 84 valence electrons. The lowest BCUT2D eigenvalue weighted by Crippen LogP contribution is -2.36. The van der Waals surface area contributed by atoms with E-state index in [1.807, 2.05) is 24.4 Å². The molecule has 0 saturated carbocycles. The number of anilines is 1. The number of hydrogen-bond acceptors (Lipinski definition) is 2. The van der Waals surface area contributed by atoms with Crippen molar-refractivity contribution in [1.29, 1.82) is 0 Å². The van der Waals surface area contributed by atoms with E-state index in [1.54, 1.807) is 0 Å². The van der Waals surface area contributed by atoms with E-state index in [-0.39, 0.29) is 0 Å². The first kappa shape index (κ1) is 12.3. The first-order valence-electron chi connectivity index (χ1n) is 5.57. The number of pyridine rings is 1. The van der Waals surface area contributed by atoms with Crippen molar-refractivity contribution in [2.45, 2.75) is 32.7 Å². The molecule has 0 amide bonds. The van der Waals surface area contributed by atoms with Crippen molar-refractivity contribution >= 4 is 17.4 Å². The van der Waals surface area contributed by atoms with E-state index in [1.165, 1.54) is 0 Å². The fourth-order valence-corrected chi connectivity index (χ4v) is 2.01. The van der Waals surface area contributed by atoms with Crippen LogP contribution in [0.15, 0.2) is 24.4 Å². The molecule has 0 aliphatic carbocycles. The van der Waals surface area contributed by atoms with Gasteiger partial charge in [-0.3, -0.25) is 0 Å². The monoisotopic (exact) mass is 226 g/mol. The standard InChI is InChI=1S/C12H19ClN2/c1-3-11(4-2)15(10-8-13)12-7-5-6-9-14-12/h5-7,9,11H,3-4,8,10H2,1-2H3. The molecule has 1 aromatic heterocycles. The number of hydrogen-bond donors (Lipinski definition) is 0. The van der Waals surface area contributed by atoms with Crippen LogP contribution < -0.4 is 4.90 Å². The SMILES string of the molecule is CCC(CC)N(CCCl)c1ccccn1. The van der Waals surface area contributed by atoms with Gasteiger partial charge in [-0.15, -0.1) is 11.6 Å². The summed E-state index contributed by atoms with van der Waals surface area (Å²) in [4.78, 5) is 6.68. The molecular formula is C12H19ClN2. The fraction of sp³-hybridized carbons (Fsp3) is 0.583. The Bertz CT molecular complexity index is 260. The molecule has 3 heteroatoms. The van der Waals surface area contributed by atoms with Gasteiger partial charge in [0.25, 0.3) is 0 Å². The minimum absolute atomic E-state index is 0.540. The van der Waals surface area contributed by atoms with Crippen LogP contribution in [-0.2, 0) is 0 Å². The predicted molar refractivity (Wildman–Crippen MR) is 66.7 cm³/mol. The van der Waals surface area contributed by atoms with Crippen molar-refractivity contribution in [1.82, 2.24) is 4.98 Å². The Balaban J connectivity index is 2.81. The molecule has 0 N–H and O–H groups in total. The average molecular weight is 227 g/mol. The Kier molecular flexibility index (Phi) is 5.48. The summed E-state index contributed by atoms with van der Waals surface area (Å²) in [6.07, 6.45) is 4.09. The van der Waals surface area contributed by atoms with Gasteiger partial charge in [0.05, 0.1) is 0 Å². The normalized spacial score (nSPS) is 10.7. The zero-order valence-electron chi connectivity index (χ0n) is 9.49. The Morgan fingerprint density at radius 2 is 2.07 bits per heavy atom. The van der Waals surface area contributed by atoms with Crippen LogP contribution in [0.2, 0.25) is 0 Å². The molecule has 0 unspecified atom stereocenters. The van der Waals surface area contributed by atoms with E-state index in [0.717, 1.165) is 25.2 Å². The van der Waals surface area contributed by atoms with Crippen LogP contribution in [-0.4, -0.2) is 23.5 Å². The minimum Gasteiger partial charge on any atom is -0.352 e. The second kappa shape index (κ2) is 6.67. The van der Waals surface area contributed by atoms with E-state index < -0.39 is 0 Å². The van der Waals surface area contributed by atoms with E-state index in [0.29, 0.717) is 11.9 Å². The maximum atomic E-state index is 5.83. The molecule has 0 saturated heterocycles. The summed E-state index contributed by atoms with van der Waals surface area (Å²) in [5.41, 5.74) is 0. The Labute approximate surface area is 97.3 Å². The third kappa shape index (κ3) is 3.38. The molecule has 1 rings (SSSR count). The summed E-state index contributed by atoms with van der Waals surface area (Å²) in [5.74, 6) is 1.68. The van der Waals surface area contributed by atoms with Gasteiger partial charge in [-0.05, 0) is 25.0 Å². The molecule has 0 atom stereocenters. The van der Waals surface area contributed by atoms with Crippen LogP contribution in [0.25, 0.3) is 0 Å². The highest BCUT2D eigenvalue weighted by Crippen LogP contribution is 2.17. The van der Waals surface area contributed by atoms with Crippen LogP contribution in [0.3, 0.4) is 0 Å². The molecule has 1 aromatic rings. The summed E-state index contributed by atoms with van der Waals surface area (Å²) in [6.45, 7) is 5.28. The van der Waals surface area contributed by atoms with Crippen LogP contribution in [0.1, 0.15) is 26.7 Å². The van der Waals surface area contributed by atoms with Crippen molar-refractivity contribution < 1.29 is 0 Å². The van der Waals surface area contributed by atoms with Gasteiger partial charge >= 0.3 is 0 Å². The van der Waals surface area contributed by atoms with Crippen molar-refractivity contribution in [2.24, 2.45) is 0 Å². The average Bonchev–Trinajstić information content (AvgIpc) is 2.30. The van der Waals surface area contributed by atoms with E-state index in [2.05, 4.69) is 23.7 Å². The lowest BCUT2D eigenvalue weighted by molar-refractivity contribution is 0.563. The number of alkyl halides is 1. The van der Waals surface area contributed by atoms with E-state index >= 15 is 0 Å². The van der Waals surface area contributed by atoms with Gasteiger partial charge in [0.2, 0.25) is 0 Å². The van der Waals surface area contributed by atoms with Gasteiger partial charge in [-0.25, -0.2) is 4.98 Å². The molecule has 0 aliphatic rings. The Hall–Kier alpha value is -0.760. The number of nitrogens with zero attached hydrogens (tertiary/aromatic N) is 2. The smallest absolute Gasteiger partial charge is 0.128 e. The second-order valence-corrected chi connectivity index (χ2v) is 3.92. The molecule has 1 heterocycles. The lowest BCUT2D eigenvalue weighted by atomic mass is 10.1. The van der Waals surface area contributed by atoms with Crippen molar-refractivity contribution in [3.63, 3.8) is 0 Å². The summed E-state index contributed by atoms with van der Waals surface area (Å²) in [6, 6.07) is 6.55. The molecule has 0 aromatic carbocycles. The molecular weight excluding hydrogens is 208 g/mol. The first-order valence-corrected chi connectivity index (χ1v) is 6.10. The molecule has 0 radical (unpaired) electrons. The predicted octanol–water partition coefficient (Wildman–Crippen LogP) is 3.32. The Morgan fingerprint density at radius 1 is 1.33 bits per heavy atom. The highest BCUT2D eigenvalue weighted by molar-refractivity contribution is 6.18. The van der Waals surface area contributed by atoms with Gasteiger partial charge < -0.3 is 4.90 Å². The fourth-order valence-electron chi connectivity index (χ4n) is 1.83.